The Morgan fingerprint density at radius 2 is 1.21 bits per heavy atom. The van der Waals surface area contributed by atoms with Gasteiger partial charge >= 0.3 is 6.18 Å². The molecule has 1 aliphatic heterocycles. The Labute approximate surface area is 205 Å². The molecule has 190 valence electrons. The molecule has 9 heteroatoms. The number of benzene rings is 1. The normalized spacial score (nSPS) is 22.5. The Bertz CT molecular complexity index is 828. The van der Waals surface area contributed by atoms with Crippen LogP contribution >= 0.6 is 6.34 Å². The van der Waals surface area contributed by atoms with Gasteiger partial charge in [0.2, 0.25) is 0 Å². The Morgan fingerprint density at radius 1 is 0.848 bits per heavy atom. The largest absolute Gasteiger partial charge is 0.416 e. The summed E-state index contributed by atoms with van der Waals surface area (Å²) in [7, 11) is -2.10. The summed E-state index contributed by atoms with van der Waals surface area (Å²) in [6.07, 6.45) is -7.18. The van der Waals surface area contributed by atoms with Crippen molar-refractivity contribution >= 4 is 26.2 Å². The summed E-state index contributed by atoms with van der Waals surface area (Å²) < 4.78 is 51.3. The number of alkyl halides is 3. The van der Waals surface area contributed by atoms with E-state index >= 15 is 0 Å². The molecule has 1 aromatic rings. The third kappa shape index (κ3) is 5.03. The molecule has 1 saturated heterocycles. The predicted octanol–water partition coefficient (Wildman–Crippen LogP) is 7.90. The molecule has 2 atom stereocenters. The summed E-state index contributed by atoms with van der Waals surface area (Å²) in [4.78, 5) is -0.557. The molecule has 3 nitrogen and oxygen atoms in total. The van der Waals surface area contributed by atoms with Crippen molar-refractivity contribution in [2.45, 2.75) is 116 Å². The van der Waals surface area contributed by atoms with Gasteiger partial charge in [0, 0.05) is 24.2 Å². The summed E-state index contributed by atoms with van der Waals surface area (Å²) in [5.74, 6) is 0. The Kier molecular flexibility index (Phi) is 8.49. The van der Waals surface area contributed by atoms with Gasteiger partial charge in [-0.05, 0) is 73.1 Å². The van der Waals surface area contributed by atoms with Crippen molar-refractivity contribution in [1.29, 1.82) is 0 Å². The molecule has 1 fully saturated rings. The SMILES string of the molecule is CC(C)N(C(C)C)P(=S)(N(C(C)C)C(C)C)[C@]1([Si](C)(C)C)O[C@H]1c1ccc(C(F)(F)F)cc1. The van der Waals surface area contributed by atoms with Crippen molar-refractivity contribution in [3.63, 3.8) is 0 Å². The highest BCUT2D eigenvalue weighted by atomic mass is 32.4. The standard InChI is InChI=1S/C24H42F3N2OPSSi/c1-16(2)28(17(3)4)31(32,29(18(5)6)19(7)8)24(33(9,10)11)22(30-24)20-12-14-21(15-13-20)23(25,26)27/h12-19,22H,1-11H3/t22-,24+/m0/s1. The first kappa shape index (κ1) is 29.0. The van der Waals surface area contributed by atoms with E-state index in [-0.39, 0.29) is 30.3 Å². The first-order chi connectivity index (χ1) is 14.8. The fourth-order valence-corrected chi connectivity index (χ4v) is 20.3. The number of ether oxygens (including phenoxy) is 1. The second-order valence-electron chi connectivity index (χ2n) is 11.2. The van der Waals surface area contributed by atoms with E-state index in [1.807, 2.05) is 0 Å². The van der Waals surface area contributed by atoms with Gasteiger partial charge in [-0.2, -0.15) is 13.2 Å². The van der Waals surface area contributed by atoms with Gasteiger partial charge in [0.1, 0.15) is 17.4 Å². The molecule has 1 heterocycles. The Hall–Kier alpha value is -0.243. The highest BCUT2D eigenvalue weighted by Crippen LogP contribution is 2.81. The lowest BCUT2D eigenvalue weighted by molar-refractivity contribution is -0.137. The van der Waals surface area contributed by atoms with Crippen molar-refractivity contribution in [3.8, 4) is 0 Å². The van der Waals surface area contributed by atoms with Gasteiger partial charge in [-0.15, -0.1) is 0 Å². The second kappa shape index (κ2) is 9.66. The molecule has 0 N–H and O–H groups in total. The van der Waals surface area contributed by atoms with Gasteiger partial charge in [-0.3, -0.25) is 9.34 Å². The number of hydrogen-bond donors (Lipinski definition) is 0. The van der Waals surface area contributed by atoms with Gasteiger partial charge in [0.25, 0.3) is 0 Å². The van der Waals surface area contributed by atoms with E-state index < -0.39 is 31.1 Å². The van der Waals surface area contributed by atoms with Crippen molar-refractivity contribution in [2.24, 2.45) is 0 Å². The maximum atomic E-state index is 13.2. The van der Waals surface area contributed by atoms with E-state index in [1.54, 1.807) is 12.1 Å². The van der Waals surface area contributed by atoms with E-state index in [9.17, 15) is 13.2 Å². The lowest BCUT2D eigenvalue weighted by atomic mass is 10.1. The van der Waals surface area contributed by atoms with Gasteiger partial charge in [0.15, 0.2) is 0 Å². The summed E-state index contributed by atoms with van der Waals surface area (Å²) >= 11 is 6.85. The molecule has 0 spiro atoms. The number of epoxide rings is 1. The molecule has 1 aromatic carbocycles. The smallest absolute Gasteiger partial charge is 0.357 e. The minimum atomic E-state index is -4.36. The van der Waals surface area contributed by atoms with Gasteiger partial charge in [-0.25, -0.2) is 0 Å². The highest BCUT2D eigenvalue weighted by Gasteiger charge is 2.75. The zero-order valence-electron chi connectivity index (χ0n) is 22.0. The van der Waals surface area contributed by atoms with Gasteiger partial charge in [0.05, 0.1) is 13.6 Å². The minimum Gasteiger partial charge on any atom is -0.357 e. The average Bonchev–Trinajstić information content (AvgIpc) is 3.37. The highest BCUT2D eigenvalue weighted by molar-refractivity contribution is 8.14. The maximum absolute atomic E-state index is 13.2. The topological polar surface area (TPSA) is 19.0 Å². The molecule has 0 aliphatic carbocycles. The van der Waals surface area contributed by atoms with Crippen LogP contribution in [0.15, 0.2) is 24.3 Å². The number of nitrogens with zero attached hydrogens (tertiary/aromatic N) is 2. The summed E-state index contributed by atoms with van der Waals surface area (Å²) in [6.45, 7) is 24.4. The lowest BCUT2D eigenvalue weighted by Gasteiger charge is -2.55. The number of rotatable bonds is 9. The van der Waals surface area contributed by atoms with Crippen LogP contribution in [0.25, 0.3) is 0 Å². The molecule has 0 bridgehead atoms. The Morgan fingerprint density at radius 3 is 1.48 bits per heavy atom. The van der Waals surface area contributed by atoms with E-state index in [2.05, 4.69) is 84.4 Å². The van der Waals surface area contributed by atoms with Crippen LogP contribution in [0.5, 0.6) is 0 Å². The first-order valence-corrected chi connectivity index (χ1v) is 18.1. The summed E-state index contributed by atoms with van der Waals surface area (Å²) in [6, 6.07) is 6.34. The van der Waals surface area contributed by atoms with Crippen LogP contribution in [0.3, 0.4) is 0 Å². The number of hydrogen-bond acceptors (Lipinski definition) is 2. The fourth-order valence-electron chi connectivity index (χ4n) is 5.42. The molecule has 0 aromatic heterocycles. The average molecular weight is 523 g/mol. The van der Waals surface area contributed by atoms with Crippen LogP contribution in [-0.2, 0) is 22.7 Å². The zero-order chi connectivity index (χ0) is 25.7. The van der Waals surface area contributed by atoms with Crippen LogP contribution in [0.4, 0.5) is 13.2 Å². The van der Waals surface area contributed by atoms with Crippen LogP contribution in [0, 0.1) is 0 Å². The van der Waals surface area contributed by atoms with Crippen molar-refractivity contribution in [3.05, 3.63) is 35.4 Å². The van der Waals surface area contributed by atoms with Crippen molar-refractivity contribution < 1.29 is 17.9 Å². The van der Waals surface area contributed by atoms with Crippen LogP contribution in [-0.4, -0.2) is 46.5 Å². The molecule has 0 radical (unpaired) electrons. The minimum absolute atomic E-state index is 0.210. The molecule has 0 unspecified atom stereocenters. The van der Waals surface area contributed by atoms with Gasteiger partial charge < -0.3 is 4.74 Å². The summed E-state index contributed by atoms with van der Waals surface area (Å²) in [5.41, 5.74) is 0.154. The van der Waals surface area contributed by atoms with Crippen molar-refractivity contribution in [1.82, 2.24) is 9.34 Å². The quantitative estimate of drug-likeness (QED) is 0.186. The van der Waals surface area contributed by atoms with E-state index in [0.717, 1.165) is 5.56 Å². The van der Waals surface area contributed by atoms with E-state index in [4.69, 9.17) is 16.5 Å². The second-order valence-corrected chi connectivity index (χ2v) is 21.1. The van der Waals surface area contributed by atoms with Crippen LogP contribution < -0.4 is 0 Å². The zero-order valence-corrected chi connectivity index (χ0v) is 24.7. The molecule has 0 saturated carbocycles. The summed E-state index contributed by atoms with van der Waals surface area (Å²) in [5, 5.41) is 0. The molecular formula is C24H42F3N2OPSSi. The van der Waals surface area contributed by atoms with E-state index in [0.29, 0.717) is 0 Å². The van der Waals surface area contributed by atoms with Crippen LogP contribution in [0.1, 0.15) is 72.6 Å². The number of halogens is 3. The van der Waals surface area contributed by atoms with Gasteiger partial charge in [-0.1, -0.05) is 43.6 Å². The molecule has 33 heavy (non-hydrogen) atoms. The molecule has 2 rings (SSSR count). The Balaban J connectivity index is 2.78. The third-order valence-electron chi connectivity index (χ3n) is 6.39. The van der Waals surface area contributed by atoms with E-state index in [1.165, 1.54) is 12.1 Å². The predicted molar refractivity (Wildman–Crippen MR) is 140 cm³/mol. The van der Waals surface area contributed by atoms with Crippen LogP contribution in [0.2, 0.25) is 19.6 Å². The molecular weight excluding hydrogens is 480 g/mol. The van der Waals surface area contributed by atoms with Crippen molar-refractivity contribution in [2.75, 3.05) is 0 Å². The fraction of sp³-hybridized carbons (Fsp3) is 0.750. The molecule has 0 amide bonds. The maximum Gasteiger partial charge on any atom is 0.416 e. The first-order valence-electron chi connectivity index (χ1n) is 11.9. The third-order valence-corrected chi connectivity index (χ3v) is 18.6. The molecule has 1 aliphatic rings. The lowest BCUT2D eigenvalue weighted by Crippen LogP contribution is -2.55. The monoisotopic (exact) mass is 522 g/mol.